The number of hydrogen-bond donors (Lipinski definition) is 5. The minimum absolute atomic E-state index is 0.0212. The molecule has 630 valence electrons. The first-order valence-corrected chi connectivity index (χ1v) is 48.0. The fourth-order valence-corrected chi connectivity index (χ4v) is 24.9. The third kappa shape index (κ3) is 19.7. The van der Waals surface area contributed by atoms with E-state index in [1.54, 1.807) is 73.0 Å². The second-order valence-corrected chi connectivity index (χ2v) is 40.2. The molecule has 0 atom stereocenters. The average Bonchev–Trinajstić information content (AvgIpc) is 1.70. The SMILES string of the molecule is CCc1ccc(NC(=O)N2CCC3(CC2)NCCO3)cc1.CCc1ccc(S(=O)(=O)N2CCOC23CCN(CC2CC2)CC3)cc1.O=S(=O)(c1ccc(Oc2ccccc2)cc1)N1CCC2(CC1)NCCO2.O=S(=O)(c1cccc2cccnc12)N1CCC2(CC1)NCCO2.O=S(=O)(c1csc2ccccc12)N1CCC2(CC1)NCCO2. The van der Waals surface area contributed by atoms with Gasteiger partial charge in [-0.05, 0) is 122 Å². The van der Waals surface area contributed by atoms with Crippen LogP contribution < -0.4 is 31.3 Å². The zero-order valence-electron chi connectivity index (χ0n) is 66.8. The fourth-order valence-electron chi connectivity index (χ4n) is 17.2. The van der Waals surface area contributed by atoms with Crippen LogP contribution in [0.1, 0.15) is 102 Å². The van der Waals surface area contributed by atoms with Crippen LogP contribution in [0.15, 0.2) is 189 Å². The predicted molar refractivity (Wildman–Crippen MR) is 450 cm³/mol. The molecule has 0 unspecified atom stereocenters. The Bertz CT molecular complexity index is 5110. The molecule has 10 saturated heterocycles. The van der Waals surface area contributed by atoms with Crippen molar-refractivity contribution in [1.29, 1.82) is 0 Å². The van der Waals surface area contributed by atoms with E-state index in [1.165, 1.54) is 40.6 Å². The maximum Gasteiger partial charge on any atom is 0.321 e. The molecule has 11 aliphatic rings. The van der Waals surface area contributed by atoms with E-state index in [-0.39, 0.29) is 38.7 Å². The standard InChI is InChI=1S/C19H22N2O4S.C19H28N2O3S.C16H19N3O3S.C16H23N3O2.C15H18N2O3S2/c22-26(23,21-13-10-19(11-14-21)20-12-15-24-19)18-8-6-17(7-9-18)25-16-4-2-1-3-5-16;1-2-16-5-7-18(8-6-16)25(22,23)21-13-14-24-19(21)9-11-20(12-10-19)15-17-3-4-17;20-23(21,14-5-1-3-13-4-2-8-17-15(13)14)19-10-6-16(7-11-19)18-9-12-22-16;1-2-13-3-5-14(6-4-13)18-15(20)19-10-7-16(8-11-19)17-9-12-21-16;18-22(19,14-11-21-13-4-2-1-3-12(13)14)17-8-5-15(6-9-17)16-7-10-20-15/h1-9,20H,10-15H2;5-8,17H,2-4,9-15H2,1H3;1-5,8,18H,6-7,9-12H2;3-6,17H,2,7-12H2,1H3,(H,18,20);1-4,11,16H,5-10H2. The van der Waals surface area contributed by atoms with Crippen molar-refractivity contribution >= 4 is 84.1 Å². The highest BCUT2D eigenvalue weighted by molar-refractivity contribution is 7.90. The normalized spacial score (nSPS) is 22.1. The summed E-state index contributed by atoms with van der Waals surface area (Å²) in [5, 5.41) is 19.9. The van der Waals surface area contributed by atoms with E-state index in [0.717, 1.165) is 130 Å². The molecule has 2 amide bonds. The van der Waals surface area contributed by atoms with E-state index in [4.69, 9.17) is 28.4 Å². The van der Waals surface area contributed by atoms with Crippen molar-refractivity contribution in [3.63, 3.8) is 0 Å². The van der Waals surface area contributed by atoms with Crippen LogP contribution in [0.2, 0.25) is 0 Å². The van der Waals surface area contributed by atoms with Gasteiger partial charge in [0, 0.05) is 202 Å². The Morgan fingerprint density at radius 3 is 1.46 bits per heavy atom. The topological polar surface area (TPSA) is 301 Å². The van der Waals surface area contributed by atoms with Crippen molar-refractivity contribution in [2.24, 2.45) is 5.92 Å². The highest BCUT2D eigenvalue weighted by atomic mass is 32.2. The van der Waals surface area contributed by atoms with E-state index in [2.05, 4.69) is 62.4 Å². The predicted octanol–water partition coefficient (Wildman–Crippen LogP) is 10.6. The zero-order valence-corrected chi connectivity index (χ0v) is 70.9. The second-order valence-electron chi connectivity index (χ2n) is 31.7. The number of amides is 2. The number of ether oxygens (including phenoxy) is 6. The summed E-state index contributed by atoms with van der Waals surface area (Å²) in [7, 11) is -14.0. The van der Waals surface area contributed by atoms with E-state index in [0.29, 0.717) is 138 Å². The molecule has 117 heavy (non-hydrogen) atoms. The molecule has 5 N–H and O–H groups in total. The Kier molecular flexibility index (Phi) is 26.7. The van der Waals surface area contributed by atoms with Crippen molar-refractivity contribution in [1.82, 2.24) is 53.3 Å². The van der Waals surface area contributed by atoms with Crippen LogP contribution in [0.3, 0.4) is 0 Å². The largest absolute Gasteiger partial charge is 0.457 e. The molecule has 5 spiro atoms. The maximum absolute atomic E-state index is 13.2. The number of fused-ring (bicyclic) bond motifs is 2. The Labute approximate surface area is 692 Å². The van der Waals surface area contributed by atoms with Gasteiger partial charge >= 0.3 is 6.03 Å². The van der Waals surface area contributed by atoms with Gasteiger partial charge in [0.15, 0.2) is 0 Å². The minimum Gasteiger partial charge on any atom is -0.457 e. The molecule has 1 saturated carbocycles. The van der Waals surface area contributed by atoms with Crippen molar-refractivity contribution in [3.05, 3.63) is 180 Å². The fraction of sp³-hybridized carbons (Fsp3) is 0.506. The Morgan fingerprint density at radius 1 is 0.470 bits per heavy atom. The summed E-state index contributed by atoms with van der Waals surface area (Å²) in [4.78, 5) is 22.3. The van der Waals surface area contributed by atoms with Crippen LogP contribution >= 0.6 is 11.3 Å². The van der Waals surface area contributed by atoms with Gasteiger partial charge in [-0.1, -0.05) is 92.7 Å². The van der Waals surface area contributed by atoms with Crippen molar-refractivity contribution in [2.45, 2.75) is 152 Å². The molecule has 1 aliphatic carbocycles. The summed E-state index contributed by atoms with van der Waals surface area (Å²) in [6.45, 7) is 18.7. The highest BCUT2D eigenvalue weighted by Gasteiger charge is 2.52. The molecule has 0 bridgehead atoms. The quantitative estimate of drug-likeness (QED) is 0.0637. The van der Waals surface area contributed by atoms with Gasteiger partial charge in [0.2, 0.25) is 40.1 Å². The number of carbonyl (C=O) groups is 1. The van der Waals surface area contributed by atoms with Gasteiger partial charge in [-0.15, -0.1) is 11.3 Å². The molecule has 27 nitrogen and oxygen atoms in total. The zero-order chi connectivity index (χ0) is 81.4. The molecule has 8 aromatic rings. The number of aryl methyl sites for hydroxylation is 2. The number of urea groups is 1. The molecule has 11 fully saturated rings. The van der Waals surface area contributed by atoms with Gasteiger partial charge in [-0.3, -0.25) is 26.3 Å². The van der Waals surface area contributed by atoms with Gasteiger partial charge in [0.05, 0.1) is 48.3 Å². The van der Waals surface area contributed by atoms with Crippen LogP contribution in [0.5, 0.6) is 11.5 Å². The maximum atomic E-state index is 13.2. The molecule has 19 rings (SSSR count). The van der Waals surface area contributed by atoms with Crippen LogP contribution in [0.25, 0.3) is 21.0 Å². The first kappa shape index (κ1) is 85.0. The molecule has 6 aromatic carbocycles. The molecular weight excluding hydrogens is 1590 g/mol. The summed E-state index contributed by atoms with van der Waals surface area (Å²) in [6, 6.07) is 47.9. The Morgan fingerprint density at radius 2 is 0.940 bits per heavy atom. The third-order valence-electron chi connectivity index (χ3n) is 24.4. The number of anilines is 1. The van der Waals surface area contributed by atoms with E-state index in [9.17, 15) is 38.5 Å². The lowest BCUT2D eigenvalue weighted by Crippen LogP contribution is -2.55. The summed E-state index contributed by atoms with van der Waals surface area (Å²) < 4.78 is 146. The number of piperidine rings is 5. The number of nitrogens with one attached hydrogen (secondary N) is 5. The summed E-state index contributed by atoms with van der Waals surface area (Å²) >= 11 is 1.48. The number of rotatable bonds is 15. The minimum atomic E-state index is -3.55. The molecule has 2 aromatic heterocycles. The third-order valence-corrected chi connectivity index (χ3v) is 33.2. The number of thiophene rings is 1. The molecule has 0 radical (unpaired) electrons. The summed E-state index contributed by atoms with van der Waals surface area (Å²) in [5.41, 5.74) is 2.03. The first-order valence-electron chi connectivity index (χ1n) is 41.4. The van der Waals surface area contributed by atoms with E-state index in [1.807, 2.05) is 102 Å². The van der Waals surface area contributed by atoms with Crippen LogP contribution in [0, 0.1) is 5.92 Å². The number of aromatic nitrogens is 1. The number of hydrogen-bond acceptors (Lipinski definition) is 22. The number of para-hydroxylation sites is 2. The van der Waals surface area contributed by atoms with Gasteiger partial charge in [-0.2, -0.15) is 17.2 Å². The van der Waals surface area contributed by atoms with Crippen molar-refractivity contribution in [2.75, 3.05) is 143 Å². The van der Waals surface area contributed by atoms with Crippen LogP contribution in [0.4, 0.5) is 10.5 Å². The van der Waals surface area contributed by atoms with Gasteiger partial charge in [0.25, 0.3) is 0 Å². The monoisotopic (exact) mass is 1700 g/mol. The number of carbonyl (C=O) groups excluding carboxylic acids is 1. The van der Waals surface area contributed by atoms with Crippen LogP contribution in [-0.2, 0) is 76.6 Å². The van der Waals surface area contributed by atoms with Gasteiger partial charge in [0.1, 0.15) is 49.9 Å². The Hall–Kier alpha value is -7.00. The van der Waals surface area contributed by atoms with Crippen molar-refractivity contribution in [3.8, 4) is 11.5 Å². The van der Waals surface area contributed by atoms with Gasteiger partial charge in [-0.25, -0.2) is 38.5 Å². The summed E-state index contributed by atoms with van der Waals surface area (Å²) in [5.74, 6) is 2.19. The lowest BCUT2D eigenvalue weighted by Gasteiger charge is -2.43. The molecule has 32 heteroatoms. The lowest BCUT2D eigenvalue weighted by atomic mass is 10.0. The smallest absolute Gasteiger partial charge is 0.321 e. The van der Waals surface area contributed by atoms with Gasteiger partial charge < -0.3 is 43.5 Å². The molecular formula is C85H110N12O15S5. The molecule has 12 heterocycles. The van der Waals surface area contributed by atoms with E-state index < -0.39 is 45.8 Å². The first-order chi connectivity index (χ1) is 56.5. The highest BCUT2D eigenvalue weighted by Crippen LogP contribution is 2.42. The number of pyridine rings is 1. The second kappa shape index (κ2) is 36.7. The number of benzene rings is 6. The lowest BCUT2D eigenvalue weighted by molar-refractivity contribution is -0.0910. The van der Waals surface area contributed by atoms with Crippen LogP contribution in [-0.4, -0.2) is 238 Å². The number of likely N-dealkylation sites (tertiary alicyclic amines) is 2. The number of sulfonamides is 4. The summed E-state index contributed by atoms with van der Waals surface area (Å²) in [6.07, 6.45) is 13.6. The van der Waals surface area contributed by atoms with Crippen molar-refractivity contribution < 1.29 is 66.9 Å². The number of nitrogens with zero attached hydrogens (tertiary/aromatic N) is 7. The average molecular weight is 1700 g/mol. The molecule has 10 aliphatic heterocycles. The van der Waals surface area contributed by atoms with E-state index >= 15 is 0 Å². The Balaban J connectivity index is 0.000000115.